The maximum absolute atomic E-state index is 12.8. The van der Waals surface area contributed by atoms with Gasteiger partial charge in [-0.25, -0.2) is 0 Å². The molecule has 29 heavy (non-hydrogen) atoms. The molecule has 0 unspecified atom stereocenters. The maximum atomic E-state index is 12.8. The van der Waals surface area contributed by atoms with Crippen LogP contribution in [0, 0.1) is 0 Å². The molecule has 0 saturated carbocycles. The zero-order chi connectivity index (χ0) is 20.1. The fourth-order valence-electron chi connectivity index (χ4n) is 4.01. The summed E-state index contributed by atoms with van der Waals surface area (Å²) in [6, 6.07) is 15.9. The largest absolute Gasteiger partial charge is 0.497 e. The summed E-state index contributed by atoms with van der Waals surface area (Å²) in [5.74, 6) is 1.91. The smallest absolute Gasteiger partial charge is 0.241 e. The number of ether oxygens (including phenoxy) is 2. The maximum Gasteiger partial charge on any atom is 0.241 e. The molecule has 6 heteroatoms. The van der Waals surface area contributed by atoms with E-state index >= 15 is 0 Å². The van der Waals surface area contributed by atoms with Crippen molar-refractivity contribution in [1.82, 2.24) is 9.80 Å². The summed E-state index contributed by atoms with van der Waals surface area (Å²) in [6.45, 7) is 6.65. The SMILES string of the molecule is COc1ccc(OCCN2CCN(CC(=O)N3CCc4ccccc43)CC2)cc1. The molecule has 154 valence electrons. The third kappa shape index (κ3) is 4.89. The van der Waals surface area contributed by atoms with Gasteiger partial charge in [-0.2, -0.15) is 0 Å². The lowest BCUT2D eigenvalue weighted by molar-refractivity contribution is -0.120. The van der Waals surface area contributed by atoms with Gasteiger partial charge < -0.3 is 14.4 Å². The number of hydrogen-bond donors (Lipinski definition) is 0. The summed E-state index contributed by atoms with van der Waals surface area (Å²) < 4.78 is 11.0. The van der Waals surface area contributed by atoms with Crippen LogP contribution in [0.2, 0.25) is 0 Å². The van der Waals surface area contributed by atoms with Crippen LogP contribution in [0.3, 0.4) is 0 Å². The summed E-state index contributed by atoms with van der Waals surface area (Å²) in [5.41, 5.74) is 2.37. The fraction of sp³-hybridized carbons (Fsp3) is 0.435. The topological polar surface area (TPSA) is 45.3 Å². The van der Waals surface area contributed by atoms with Crippen molar-refractivity contribution in [2.75, 3.05) is 64.4 Å². The van der Waals surface area contributed by atoms with Gasteiger partial charge in [0.2, 0.25) is 5.91 Å². The van der Waals surface area contributed by atoms with Crippen LogP contribution in [-0.2, 0) is 11.2 Å². The molecule has 4 rings (SSSR count). The van der Waals surface area contributed by atoms with Crippen LogP contribution in [0.4, 0.5) is 5.69 Å². The average molecular weight is 396 g/mol. The number of benzene rings is 2. The Kier molecular flexibility index (Phi) is 6.32. The molecule has 0 spiro atoms. The van der Waals surface area contributed by atoms with E-state index in [0.717, 1.165) is 62.9 Å². The van der Waals surface area contributed by atoms with Crippen LogP contribution >= 0.6 is 0 Å². The Morgan fingerprint density at radius 2 is 1.59 bits per heavy atom. The number of anilines is 1. The van der Waals surface area contributed by atoms with Gasteiger partial charge in [-0.3, -0.25) is 14.6 Å². The van der Waals surface area contributed by atoms with Crippen molar-refractivity contribution >= 4 is 11.6 Å². The Morgan fingerprint density at radius 3 is 2.34 bits per heavy atom. The number of fused-ring (bicyclic) bond motifs is 1. The molecule has 0 radical (unpaired) electrons. The third-order valence-corrected chi connectivity index (χ3v) is 5.75. The van der Waals surface area contributed by atoms with E-state index in [2.05, 4.69) is 21.9 Å². The first-order valence-electron chi connectivity index (χ1n) is 10.3. The number of nitrogens with zero attached hydrogens (tertiary/aromatic N) is 3. The van der Waals surface area contributed by atoms with Crippen LogP contribution in [0.1, 0.15) is 5.56 Å². The Bertz CT molecular complexity index is 816. The monoisotopic (exact) mass is 395 g/mol. The van der Waals surface area contributed by atoms with Crippen molar-refractivity contribution in [1.29, 1.82) is 0 Å². The van der Waals surface area contributed by atoms with Gasteiger partial charge >= 0.3 is 0 Å². The van der Waals surface area contributed by atoms with Crippen LogP contribution in [-0.4, -0.2) is 75.2 Å². The number of amides is 1. The molecule has 2 aliphatic rings. The van der Waals surface area contributed by atoms with Crippen molar-refractivity contribution in [3.8, 4) is 11.5 Å². The van der Waals surface area contributed by atoms with E-state index in [1.54, 1.807) is 7.11 Å². The summed E-state index contributed by atoms with van der Waals surface area (Å²) in [6.07, 6.45) is 0.962. The number of rotatable bonds is 7. The minimum atomic E-state index is 0.214. The molecule has 2 aromatic carbocycles. The van der Waals surface area contributed by atoms with E-state index in [9.17, 15) is 4.79 Å². The van der Waals surface area contributed by atoms with Gasteiger partial charge in [0.25, 0.3) is 0 Å². The lowest BCUT2D eigenvalue weighted by Crippen LogP contribution is -2.50. The molecule has 6 nitrogen and oxygen atoms in total. The molecule has 0 N–H and O–H groups in total. The standard InChI is InChI=1S/C23H29N3O3/c1-28-20-6-8-21(9-7-20)29-17-16-24-12-14-25(15-13-24)18-23(27)26-11-10-19-4-2-3-5-22(19)26/h2-9H,10-18H2,1H3. The molecule has 2 aliphatic heterocycles. The van der Waals surface area contributed by atoms with Gasteiger partial charge in [0, 0.05) is 45.0 Å². The molecule has 0 bridgehead atoms. The number of methoxy groups -OCH3 is 1. The van der Waals surface area contributed by atoms with Gasteiger partial charge in [-0.15, -0.1) is 0 Å². The summed E-state index contributed by atoms with van der Waals surface area (Å²) >= 11 is 0. The van der Waals surface area contributed by atoms with Gasteiger partial charge in [-0.05, 0) is 42.3 Å². The molecule has 2 heterocycles. The Labute approximate surface area is 172 Å². The second-order valence-electron chi connectivity index (χ2n) is 7.57. The number of hydrogen-bond acceptors (Lipinski definition) is 5. The molecule has 1 fully saturated rings. The predicted molar refractivity (Wildman–Crippen MR) is 114 cm³/mol. The zero-order valence-electron chi connectivity index (χ0n) is 17.0. The summed E-state index contributed by atoms with van der Waals surface area (Å²) in [4.78, 5) is 19.4. The molecule has 0 atom stereocenters. The van der Waals surface area contributed by atoms with E-state index < -0.39 is 0 Å². The first-order chi connectivity index (χ1) is 14.2. The lowest BCUT2D eigenvalue weighted by Gasteiger charge is -2.34. The second-order valence-corrected chi connectivity index (χ2v) is 7.57. The van der Waals surface area contributed by atoms with Gasteiger partial charge in [0.15, 0.2) is 0 Å². The first-order valence-corrected chi connectivity index (χ1v) is 10.3. The fourth-order valence-corrected chi connectivity index (χ4v) is 4.01. The van der Waals surface area contributed by atoms with Crippen LogP contribution in [0.5, 0.6) is 11.5 Å². The highest BCUT2D eigenvalue weighted by Crippen LogP contribution is 2.27. The van der Waals surface area contributed by atoms with E-state index in [1.807, 2.05) is 41.3 Å². The molecular formula is C23H29N3O3. The van der Waals surface area contributed by atoms with Crippen LogP contribution in [0.15, 0.2) is 48.5 Å². The Hall–Kier alpha value is -2.57. The zero-order valence-corrected chi connectivity index (χ0v) is 17.0. The van der Waals surface area contributed by atoms with Crippen LogP contribution in [0.25, 0.3) is 0 Å². The second kappa shape index (κ2) is 9.29. The van der Waals surface area contributed by atoms with E-state index in [0.29, 0.717) is 13.2 Å². The van der Waals surface area contributed by atoms with Gasteiger partial charge in [0.1, 0.15) is 18.1 Å². The Morgan fingerprint density at radius 1 is 0.897 bits per heavy atom. The number of carbonyl (C=O) groups is 1. The minimum Gasteiger partial charge on any atom is -0.497 e. The van der Waals surface area contributed by atoms with E-state index in [4.69, 9.17) is 9.47 Å². The minimum absolute atomic E-state index is 0.214. The first kappa shape index (κ1) is 19.7. The highest BCUT2D eigenvalue weighted by molar-refractivity contribution is 5.96. The van der Waals surface area contributed by atoms with Crippen molar-refractivity contribution in [3.63, 3.8) is 0 Å². The number of carbonyl (C=O) groups excluding carboxylic acids is 1. The molecule has 1 saturated heterocycles. The lowest BCUT2D eigenvalue weighted by atomic mass is 10.2. The molecule has 1 amide bonds. The quantitative estimate of drug-likeness (QED) is 0.720. The van der Waals surface area contributed by atoms with Gasteiger partial charge in [-0.1, -0.05) is 18.2 Å². The average Bonchev–Trinajstić information content (AvgIpc) is 3.20. The molecule has 0 aliphatic carbocycles. The summed E-state index contributed by atoms with van der Waals surface area (Å²) in [5, 5.41) is 0. The van der Waals surface area contributed by atoms with Crippen molar-refractivity contribution in [2.24, 2.45) is 0 Å². The predicted octanol–water partition coefficient (Wildman–Crippen LogP) is 2.28. The molecule has 0 aromatic heterocycles. The highest BCUT2D eigenvalue weighted by Gasteiger charge is 2.26. The van der Waals surface area contributed by atoms with Crippen LogP contribution < -0.4 is 14.4 Å². The number of piperazine rings is 1. The summed E-state index contributed by atoms with van der Waals surface area (Å²) in [7, 11) is 1.66. The normalized spacial score (nSPS) is 17.2. The van der Waals surface area contributed by atoms with Crippen molar-refractivity contribution in [3.05, 3.63) is 54.1 Å². The molecule has 2 aromatic rings. The highest BCUT2D eigenvalue weighted by atomic mass is 16.5. The van der Waals surface area contributed by atoms with E-state index in [1.165, 1.54) is 5.56 Å². The van der Waals surface area contributed by atoms with Crippen molar-refractivity contribution < 1.29 is 14.3 Å². The van der Waals surface area contributed by atoms with Gasteiger partial charge in [0.05, 0.1) is 13.7 Å². The van der Waals surface area contributed by atoms with E-state index in [-0.39, 0.29) is 5.91 Å². The van der Waals surface area contributed by atoms with Crippen molar-refractivity contribution in [2.45, 2.75) is 6.42 Å². The number of para-hydroxylation sites is 1. The Balaban J connectivity index is 1.17. The third-order valence-electron chi connectivity index (χ3n) is 5.75. The molecular weight excluding hydrogens is 366 g/mol.